The van der Waals surface area contributed by atoms with E-state index in [4.69, 9.17) is 9.98 Å². The zero-order chi connectivity index (χ0) is 23.0. The summed E-state index contributed by atoms with van der Waals surface area (Å²) in [7, 11) is 0. The molecule has 8 aliphatic carbocycles. The van der Waals surface area contributed by atoms with Crippen LogP contribution in [0.15, 0.2) is 9.98 Å². The second-order valence-electron chi connectivity index (χ2n) is 13.3. The van der Waals surface area contributed by atoms with Crippen LogP contribution >= 0.6 is 23.5 Å². The third-order valence-corrected chi connectivity index (χ3v) is 12.9. The van der Waals surface area contributed by atoms with Crippen LogP contribution in [0.1, 0.15) is 83.5 Å². The van der Waals surface area contributed by atoms with E-state index in [1.165, 1.54) is 93.8 Å². The molecule has 1 spiro atoms. The van der Waals surface area contributed by atoms with Gasteiger partial charge in [0.05, 0.1) is 5.54 Å². The van der Waals surface area contributed by atoms with Crippen molar-refractivity contribution in [3.05, 3.63) is 0 Å². The van der Waals surface area contributed by atoms with E-state index in [1.54, 1.807) is 0 Å². The number of thioether (sulfide) groups is 2. The molecule has 34 heavy (non-hydrogen) atoms. The van der Waals surface area contributed by atoms with Crippen molar-refractivity contribution in [2.75, 3.05) is 25.6 Å². The van der Waals surface area contributed by atoms with Gasteiger partial charge in [-0.3, -0.25) is 9.98 Å². The third kappa shape index (κ3) is 3.25. The summed E-state index contributed by atoms with van der Waals surface area (Å²) >= 11 is 3.66. The molecule has 8 rings (SSSR count). The van der Waals surface area contributed by atoms with Crippen LogP contribution in [0.4, 0.5) is 0 Å². The number of nitrogens with one attached hydrogen (secondary N) is 2. The molecule has 0 aliphatic heterocycles. The summed E-state index contributed by atoms with van der Waals surface area (Å²) in [4.78, 5) is 10.4. The van der Waals surface area contributed by atoms with E-state index < -0.39 is 0 Å². The highest BCUT2D eigenvalue weighted by atomic mass is 32.2. The van der Waals surface area contributed by atoms with Gasteiger partial charge in [0.2, 0.25) is 0 Å². The van der Waals surface area contributed by atoms with Gasteiger partial charge in [0.25, 0.3) is 0 Å². The first kappa shape index (κ1) is 22.8. The molecule has 0 amide bonds. The van der Waals surface area contributed by atoms with Crippen molar-refractivity contribution >= 4 is 33.9 Å². The molecule has 2 unspecified atom stereocenters. The highest BCUT2D eigenvalue weighted by Gasteiger charge is 2.88. The maximum absolute atomic E-state index is 5.37. The molecule has 0 saturated heterocycles. The van der Waals surface area contributed by atoms with Crippen LogP contribution in [0.3, 0.4) is 0 Å². The minimum Gasteiger partial charge on any atom is -0.365 e. The Hall–Kier alpha value is -0.360. The van der Waals surface area contributed by atoms with E-state index in [1.807, 2.05) is 23.5 Å². The van der Waals surface area contributed by atoms with Crippen LogP contribution in [-0.4, -0.2) is 47.0 Å². The van der Waals surface area contributed by atoms with Gasteiger partial charge in [-0.1, -0.05) is 23.5 Å². The molecule has 2 atom stereocenters. The molecule has 8 saturated carbocycles. The van der Waals surface area contributed by atoms with E-state index in [2.05, 4.69) is 23.1 Å². The molecular formula is C28H44N4S2. The van der Waals surface area contributed by atoms with Crippen LogP contribution in [0.5, 0.6) is 0 Å². The number of hydrogen-bond acceptors (Lipinski definition) is 4. The lowest BCUT2D eigenvalue weighted by Crippen LogP contribution is -2.92. The van der Waals surface area contributed by atoms with Crippen LogP contribution < -0.4 is 10.6 Å². The topological polar surface area (TPSA) is 48.8 Å². The van der Waals surface area contributed by atoms with E-state index in [9.17, 15) is 0 Å². The monoisotopic (exact) mass is 500 g/mol. The summed E-state index contributed by atoms with van der Waals surface area (Å²) in [6.07, 6.45) is 22.5. The van der Waals surface area contributed by atoms with Gasteiger partial charge < -0.3 is 10.6 Å². The summed E-state index contributed by atoms with van der Waals surface area (Å²) < 4.78 is 0. The largest absolute Gasteiger partial charge is 0.365 e. The molecule has 0 aromatic heterocycles. The molecule has 0 aromatic rings. The van der Waals surface area contributed by atoms with Gasteiger partial charge in [0, 0.05) is 24.0 Å². The van der Waals surface area contributed by atoms with Crippen LogP contribution in [-0.2, 0) is 0 Å². The van der Waals surface area contributed by atoms with Crippen molar-refractivity contribution in [2.24, 2.45) is 50.9 Å². The molecule has 8 fully saturated rings. The first-order valence-corrected chi connectivity index (χ1v) is 16.8. The van der Waals surface area contributed by atoms with Crippen molar-refractivity contribution < 1.29 is 0 Å². The quantitative estimate of drug-likeness (QED) is 0.246. The molecule has 2 N–H and O–H groups in total. The van der Waals surface area contributed by atoms with Gasteiger partial charge >= 0.3 is 0 Å². The predicted molar refractivity (Wildman–Crippen MR) is 147 cm³/mol. The number of nitrogens with zero attached hydrogens (tertiary/aromatic N) is 2. The second kappa shape index (κ2) is 8.33. The molecule has 0 radical (unpaired) electrons. The Morgan fingerprint density at radius 1 is 0.765 bits per heavy atom. The Morgan fingerprint density at radius 3 is 1.97 bits per heavy atom. The second-order valence-corrected chi connectivity index (χ2v) is 14.8. The smallest absolute Gasteiger partial charge is 0.156 e. The summed E-state index contributed by atoms with van der Waals surface area (Å²) in [5, 5.41) is 10.1. The molecule has 0 aromatic carbocycles. The van der Waals surface area contributed by atoms with Crippen molar-refractivity contribution in [3.8, 4) is 0 Å². The van der Waals surface area contributed by atoms with Crippen molar-refractivity contribution in [1.29, 1.82) is 0 Å². The molecule has 188 valence electrons. The van der Waals surface area contributed by atoms with Crippen LogP contribution in [0, 0.1) is 40.9 Å². The first-order chi connectivity index (χ1) is 16.6. The Balaban J connectivity index is 0.841. The third-order valence-electron chi connectivity index (χ3n) is 11.6. The number of rotatable bonds is 8. The molecule has 0 heterocycles. The lowest BCUT2D eigenvalue weighted by molar-refractivity contribution is -0.393. The Morgan fingerprint density at radius 2 is 1.41 bits per heavy atom. The van der Waals surface area contributed by atoms with Crippen molar-refractivity contribution in [3.63, 3.8) is 0 Å². The maximum atomic E-state index is 5.37. The first-order valence-electron chi connectivity index (χ1n) is 14.3. The highest BCUT2D eigenvalue weighted by Crippen LogP contribution is 2.89. The van der Waals surface area contributed by atoms with Crippen molar-refractivity contribution in [1.82, 2.24) is 10.6 Å². The van der Waals surface area contributed by atoms with Crippen molar-refractivity contribution in [2.45, 2.75) is 94.5 Å². The van der Waals surface area contributed by atoms with Gasteiger partial charge in [0.15, 0.2) is 10.3 Å². The number of aliphatic imine (C=N–C) groups is 2. The predicted octanol–water partition coefficient (Wildman–Crippen LogP) is 5.93. The Labute approximate surface area is 215 Å². The normalized spacial score (nSPS) is 49.2. The fourth-order valence-electron chi connectivity index (χ4n) is 10.9. The SMILES string of the molecule is CSC(=NC12CC3CC(CC(C3)C1)C2)NCCCCCN=C(NC12CC3CC4CC(C1)C432)SC. The minimum absolute atomic E-state index is 0.287. The van der Waals surface area contributed by atoms with Crippen LogP contribution in [0.2, 0.25) is 0 Å². The van der Waals surface area contributed by atoms with Gasteiger partial charge in [-0.2, -0.15) is 0 Å². The van der Waals surface area contributed by atoms with E-state index in [0.717, 1.165) is 54.0 Å². The lowest BCUT2D eigenvalue weighted by Gasteiger charge is -2.91. The summed E-state index contributed by atoms with van der Waals surface area (Å²) in [6.45, 7) is 2.03. The zero-order valence-electron chi connectivity index (χ0n) is 21.3. The Kier molecular flexibility index (Phi) is 5.59. The molecular weight excluding hydrogens is 456 g/mol. The van der Waals surface area contributed by atoms with Gasteiger partial charge in [-0.15, -0.1) is 0 Å². The zero-order valence-corrected chi connectivity index (χ0v) is 22.9. The summed E-state index contributed by atoms with van der Waals surface area (Å²) in [5.74, 6) is 6.10. The fourth-order valence-corrected chi connectivity index (χ4v) is 11.9. The molecule has 4 nitrogen and oxygen atoms in total. The van der Waals surface area contributed by atoms with E-state index >= 15 is 0 Å². The number of hydrogen-bond donors (Lipinski definition) is 2. The fraction of sp³-hybridized carbons (Fsp3) is 0.929. The summed E-state index contributed by atoms with van der Waals surface area (Å²) in [6, 6.07) is 0. The highest BCUT2D eigenvalue weighted by molar-refractivity contribution is 8.13. The molecule has 8 aliphatic rings. The van der Waals surface area contributed by atoms with Gasteiger partial charge in [-0.05, 0) is 131 Å². The van der Waals surface area contributed by atoms with Crippen LogP contribution in [0.25, 0.3) is 0 Å². The minimum atomic E-state index is 0.287. The number of amidine groups is 2. The molecule has 4 bridgehead atoms. The lowest BCUT2D eigenvalue weighted by atomic mass is 9.15. The number of unbranched alkanes of at least 4 members (excludes halogenated alkanes) is 2. The average Bonchev–Trinajstić information content (AvgIpc) is 2.75. The standard InChI is InChI=1S/C28H44N4S2/c1-33-24(31-26-13-18-8-19(14-26)10-20(9-18)15-26)29-6-4-3-5-7-30-25(34-2)32-27-16-22-11-21-12-23(17-27)28(21,22)27/h18-23H,3-17H2,1-2H3,(H,29,31)(H,30,32). The van der Waals surface area contributed by atoms with Gasteiger partial charge in [-0.25, -0.2) is 0 Å². The van der Waals surface area contributed by atoms with E-state index in [0.29, 0.717) is 5.54 Å². The maximum Gasteiger partial charge on any atom is 0.156 e. The van der Waals surface area contributed by atoms with Gasteiger partial charge in [0.1, 0.15) is 0 Å². The molecule has 6 heteroatoms. The summed E-state index contributed by atoms with van der Waals surface area (Å²) in [5.41, 5.74) is 1.48. The van der Waals surface area contributed by atoms with E-state index in [-0.39, 0.29) is 5.54 Å². The average molecular weight is 501 g/mol. The Bertz CT molecular complexity index is 821.